The third kappa shape index (κ3) is 1.13. The van der Waals surface area contributed by atoms with Gasteiger partial charge in [0.15, 0.2) is 0 Å². The van der Waals surface area contributed by atoms with E-state index in [4.69, 9.17) is 5.26 Å². The van der Waals surface area contributed by atoms with Crippen LogP contribution in [0.1, 0.15) is 32.1 Å². The van der Waals surface area contributed by atoms with Crippen LogP contribution >= 0.6 is 0 Å². The van der Waals surface area contributed by atoms with Gasteiger partial charge in [0.05, 0.1) is 0 Å². The maximum absolute atomic E-state index is 8.90. The summed E-state index contributed by atoms with van der Waals surface area (Å²) in [6, 6.07) is 0. The molecule has 0 amide bonds. The smallest absolute Gasteiger partial charge is 0.142 e. The predicted molar refractivity (Wildman–Crippen MR) is 45.6 cm³/mol. The lowest BCUT2D eigenvalue weighted by atomic mass is 9.81. The summed E-state index contributed by atoms with van der Waals surface area (Å²) >= 11 is 0. The average Bonchev–Trinajstić information content (AvgIpc) is 2.18. The Balaban J connectivity index is 2.23. The van der Waals surface area contributed by atoms with Gasteiger partial charge in [0, 0.05) is 12.2 Å². The number of piperidine rings is 1. The van der Waals surface area contributed by atoms with Crippen LogP contribution in [0, 0.1) is 0 Å². The minimum absolute atomic E-state index is 0.378. The quantitative estimate of drug-likeness (QED) is 0.463. The minimum Gasteiger partial charge on any atom is -0.386 e. The summed E-state index contributed by atoms with van der Waals surface area (Å²) in [6.45, 7) is 1.01. The third-order valence-electron chi connectivity index (χ3n) is 2.87. The SMILES string of the molecule is OO[C@]12CCCC=C1NCCC2. The molecule has 1 atom stereocenters. The Labute approximate surface area is 72.3 Å². The lowest BCUT2D eigenvalue weighted by Gasteiger charge is -2.39. The number of rotatable bonds is 1. The molecule has 0 bridgehead atoms. The molecule has 1 heterocycles. The maximum atomic E-state index is 8.90. The van der Waals surface area contributed by atoms with Crippen LogP contribution in [0.2, 0.25) is 0 Å². The van der Waals surface area contributed by atoms with Crippen LogP contribution in [0.3, 0.4) is 0 Å². The zero-order valence-corrected chi connectivity index (χ0v) is 7.18. The number of fused-ring (bicyclic) bond motifs is 1. The van der Waals surface area contributed by atoms with Crippen LogP contribution in [0.5, 0.6) is 0 Å². The van der Waals surface area contributed by atoms with Gasteiger partial charge in [-0.1, -0.05) is 6.08 Å². The lowest BCUT2D eigenvalue weighted by Crippen LogP contribution is -2.46. The van der Waals surface area contributed by atoms with Gasteiger partial charge < -0.3 is 5.32 Å². The molecule has 0 radical (unpaired) electrons. The van der Waals surface area contributed by atoms with Crippen LogP contribution in [0.25, 0.3) is 0 Å². The highest BCUT2D eigenvalue weighted by molar-refractivity contribution is 5.20. The highest BCUT2D eigenvalue weighted by atomic mass is 17.1. The second-order valence-electron chi connectivity index (χ2n) is 3.63. The monoisotopic (exact) mass is 169 g/mol. The Morgan fingerprint density at radius 1 is 1.42 bits per heavy atom. The fraction of sp³-hybridized carbons (Fsp3) is 0.778. The van der Waals surface area contributed by atoms with Gasteiger partial charge in [-0.15, -0.1) is 0 Å². The van der Waals surface area contributed by atoms with E-state index < -0.39 is 0 Å². The van der Waals surface area contributed by atoms with Gasteiger partial charge in [-0.2, -0.15) is 0 Å². The van der Waals surface area contributed by atoms with Gasteiger partial charge in [-0.05, 0) is 32.1 Å². The molecule has 0 spiro atoms. The Morgan fingerprint density at radius 3 is 3.00 bits per heavy atom. The molecule has 2 aliphatic rings. The van der Waals surface area contributed by atoms with Gasteiger partial charge in [0.25, 0.3) is 0 Å². The van der Waals surface area contributed by atoms with Crippen LogP contribution < -0.4 is 5.32 Å². The first kappa shape index (κ1) is 8.08. The van der Waals surface area contributed by atoms with E-state index in [9.17, 15) is 0 Å². The van der Waals surface area contributed by atoms with Gasteiger partial charge >= 0.3 is 0 Å². The summed E-state index contributed by atoms with van der Waals surface area (Å²) in [5, 5.41) is 12.2. The van der Waals surface area contributed by atoms with Crippen molar-refractivity contribution in [1.29, 1.82) is 0 Å². The molecule has 0 aromatic heterocycles. The summed E-state index contributed by atoms with van der Waals surface area (Å²) < 4.78 is 0. The van der Waals surface area contributed by atoms with Crippen molar-refractivity contribution in [2.45, 2.75) is 37.7 Å². The predicted octanol–water partition coefficient (Wildman–Crippen LogP) is 1.67. The van der Waals surface area contributed by atoms with E-state index in [1.54, 1.807) is 0 Å². The van der Waals surface area contributed by atoms with E-state index in [0.29, 0.717) is 0 Å². The van der Waals surface area contributed by atoms with E-state index in [2.05, 4.69) is 16.3 Å². The highest BCUT2D eigenvalue weighted by Crippen LogP contribution is 2.36. The second kappa shape index (κ2) is 3.07. The van der Waals surface area contributed by atoms with Crippen LogP contribution in [-0.2, 0) is 4.89 Å². The average molecular weight is 169 g/mol. The van der Waals surface area contributed by atoms with Gasteiger partial charge in [0.2, 0.25) is 0 Å². The van der Waals surface area contributed by atoms with E-state index in [1.165, 1.54) is 0 Å². The van der Waals surface area contributed by atoms with Crippen molar-refractivity contribution in [3.63, 3.8) is 0 Å². The zero-order chi connectivity index (χ0) is 8.44. The van der Waals surface area contributed by atoms with Crippen LogP contribution in [-0.4, -0.2) is 17.4 Å². The van der Waals surface area contributed by atoms with Gasteiger partial charge in [0.1, 0.15) is 5.60 Å². The highest BCUT2D eigenvalue weighted by Gasteiger charge is 2.39. The Morgan fingerprint density at radius 2 is 2.25 bits per heavy atom. The van der Waals surface area contributed by atoms with Crippen molar-refractivity contribution in [3.05, 3.63) is 11.8 Å². The largest absolute Gasteiger partial charge is 0.386 e. The molecule has 1 aliphatic heterocycles. The van der Waals surface area contributed by atoms with Gasteiger partial charge in [-0.25, -0.2) is 4.89 Å². The summed E-state index contributed by atoms with van der Waals surface area (Å²) in [5.41, 5.74) is 0.721. The molecule has 0 saturated carbocycles. The van der Waals surface area contributed by atoms with Crippen molar-refractivity contribution in [1.82, 2.24) is 5.32 Å². The van der Waals surface area contributed by atoms with Crippen molar-refractivity contribution in [2.24, 2.45) is 0 Å². The summed E-state index contributed by atoms with van der Waals surface area (Å²) in [4.78, 5) is 4.65. The molecular formula is C9H15NO2. The minimum atomic E-state index is -0.378. The summed E-state index contributed by atoms with van der Waals surface area (Å²) in [7, 11) is 0. The van der Waals surface area contributed by atoms with E-state index in [0.717, 1.165) is 44.3 Å². The van der Waals surface area contributed by atoms with Crippen molar-refractivity contribution in [2.75, 3.05) is 6.54 Å². The van der Waals surface area contributed by atoms with E-state index in [1.807, 2.05) is 0 Å². The molecule has 0 unspecified atom stereocenters. The molecule has 12 heavy (non-hydrogen) atoms. The first-order chi connectivity index (χ1) is 5.87. The van der Waals surface area contributed by atoms with Crippen LogP contribution in [0.4, 0.5) is 0 Å². The van der Waals surface area contributed by atoms with Crippen molar-refractivity contribution in [3.8, 4) is 0 Å². The molecular weight excluding hydrogens is 154 g/mol. The normalized spacial score (nSPS) is 34.9. The van der Waals surface area contributed by atoms with Crippen molar-refractivity contribution < 1.29 is 10.1 Å². The number of allylic oxidation sites excluding steroid dienone is 1. The molecule has 0 aromatic carbocycles. The molecule has 3 nitrogen and oxygen atoms in total. The zero-order valence-electron chi connectivity index (χ0n) is 7.18. The number of hydrogen-bond donors (Lipinski definition) is 2. The molecule has 1 saturated heterocycles. The standard InChI is InChI=1S/C9H15NO2/c11-12-9-5-2-1-4-8(9)10-7-3-6-9/h4,10-11H,1-3,5-7H2/t9-/m0/s1. The molecule has 3 heteroatoms. The molecule has 1 fully saturated rings. The van der Waals surface area contributed by atoms with Crippen LogP contribution in [0.15, 0.2) is 11.8 Å². The summed E-state index contributed by atoms with van der Waals surface area (Å²) in [5.74, 6) is 0. The van der Waals surface area contributed by atoms with Gasteiger partial charge in [-0.3, -0.25) is 5.26 Å². The molecule has 2 N–H and O–H groups in total. The fourth-order valence-corrected chi connectivity index (χ4v) is 2.19. The number of hydrogen-bond acceptors (Lipinski definition) is 3. The number of nitrogens with one attached hydrogen (secondary N) is 1. The second-order valence-corrected chi connectivity index (χ2v) is 3.63. The third-order valence-corrected chi connectivity index (χ3v) is 2.87. The topological polar surface area (TPSA) is 41.5 Å². The maximum Gasteiger partial charge on any atom is 0.142 e. The Bertz CT molecular complexity index is 203. The molecule has 1 aliphatic carbocycles. The van der Waals surface area contributed by atoms with E-state index >= 15 is 0 Å². The first-order valence-corrected chi connectivity index (χ1v) is 4.64. The molecule has 0 aromatic rings. The fourth-order valence-electron chi connectivity index (χ4n) is 2.19. The Kier molecular flexibility index (Phi) is 2.07. The van der Waals surface area contributed by atoms with E-state index in [-0.39, 0.29) is 5.60 Å². The molecule has 68 valence electrons. The van der Waals surface area contributed by atoms with Crippen molar-refractivity contribution >= 4 is 0 Å². The first-order valence-electron chi connectivity index (χ1n) is 4.64. The lowest BCUT2D eigenvalue weighted by molar-refractivity contribution is -0.319. The molecule has 2 rings (SSSR count). The summed E-state index contributed by atoms with van der Waals surface area (Å²) in [6.07, 6.45) is 7.35. The Hall–Kier alpha value is -0.540.